The molecule has 2 bridgehead atoms. The Balaban J connectivity index is 1.96. The lowest BCUT2D eigenvalue weighted by molar-refractivity contribution is -0.224. The highest BCUT2D eigenvalue weighted by Gasteiger charge is 2.71. The average molecular weight is 376 g/mol. The number of allylic oxidation sites excluding steroid dienone is 3. The van der Waals surface area contributed by atoms with Gasteiger partial charge in [-0.15, -0.1) is 0 Å². The molecule has 0 aromatic rings. The molecular weight excluding hydrogens is 348 g/mol. The summed E-state index contributed by atoms with van der Waals surface area (Å²) >= 11 is 0. The Morgan fingerprint density at radius 1 is 1.44 bits per heavy atom. The zero-order chi connectivity index (χ0) is 19.9. The Bertz CT molecular complexity index is 735. The van der Waals surface area contributed by atoms with Crippen LogP contribution in [0.5, 0.6) is 0 Å². The first-order chi connectivity index (χ1) is 12.7. The second-order valence-electron chi connectivity index (χ2n) is 8.13. The number of aliphatic hydroxyl groups is 2. The van der Waals surface area contributed by atoms with Gasteiger partial charge in [0.1, 0.15) is 11.0 Å². The van der Waals surface area contributed by atoms with E-state index in [-0.39, 0.29) is 18.9 Å². The fraction of sp³-hybridized carbons (Fsp3) is 0.619. The zero-order valence-electron chi connectivity index (χ0n) is 16.2. The minimum atomic E-state index is -1.23. The first-order valence-corrected chi connectivity index (χ1v) is 9.41. The molecule has 0 aromatic heterocycles. The molecule has 3 rings (SSSR count). The molecular formula is C21H28O6. The Morgan fingerprint density at radius 2 is 2.19 bits per heavy atom. The van der Waals surface area contributed by atoms with Crippen molar-refractivity contribution >= 4 is 11.9 Å². The summed E-state index contributed by atoms with van der Waals surface area (Å²) in [6.45, 7) is 3.58. The second kappa shape index (κ2) is 6.91. The minimum Gasteiger partial charge on any atom is -0.466 e. The van der Waals surface area contributed by atoms with Gasteiger partial charge < -0.3 is 19.7 Å². The highest BCUT2D eigenvalue weighted by atomic mass is 16.6. The van der Waals surface area contributed by atoms with E-state index in [1.807, 2.05) is 6.92 Å². The fourth-order valence-electron chi connectivity index (χ4n) is 5.01. The summed E-state index contributed by atoms with van der Waals surface area (Å²) in [4.78, 5) is 25.0. The van der Waals surface area contributed by atoms with Gasteiger partial charge in [0.25, 0.3) is 0 Å². The maximum Gasteiger partial charge on any atom is 0.333 e. The molecule has 0 amide bonds. The van der Waals surface area contributed by atoms with Crippen molar-refractivity contribution in [2.45, 2.75) is 57.2 Å². The normalized spacial score (nSPS) is 38.9. The van der Waals surface area contributed by atoms with Crippen molar-refractivity contribution in [2.75, 3.05) is 13.7 Å². The number of ether oxygens (including phenoxy) is 2. The minimum absolute atomic E-state index is 0.0424. The third-order valence-corrected chi connectivity index (χ3v) is 6.64. The van der Waals surface area contributed by atoms with Crippen LogP contribution in [0.25, 0.3) is 0 Å². The predicted molar refractivity (Wildman–Crippen MR) is 98.5 cm³/mol. The van der Waals surface area contributed by atoms with E-state index in [0.29, 0.717) is 31.3 Å². The molecule has 148 valence electrons. The SMILES string of the molecule is COC(=O)C1=CC[C@@]23CC[C@@H]([C@@](C)(/C=C/C=C(\C)CO)OC2=O)[C@@]3(O)CC1. The lowest BCUT2D eigenvalue weighted by Gasteiger charge is -2.52. The molecule has 6 heteroatoms. The second-order valence-corrected chi connectivity index (χ2v) is 8.13. The number of carbonyl (C=O) groups is 2. The van der Waals surface area contributed by atoms with Crippen molar-refractivity contribution in [3.63, 3.8) is 0 Å². The number of methoxy groups -OCH3 is 1. The predicted octanol–water partition coefficient (Wildman–Crippen LogP) is 2.21. The van der Waals surface area contributed by atoms with Gasteiger partial charge in [-0.05, 0) is 57.6 Å². The topological polar surface area (TPSA) is 93.1 Å². The highest BCUT2D eigenvalue weighted by molar-refractivity contribution is 5.89. The number of hydrogen-bond donors (Lipinski definition) is 2. The molecule has 2 aliphatic carbocycles. The molecule has 6 nitrogen and oxygen atoms in total. The fourth-order valence-corrected chi connectivity index (χ4v) is 5.01. The van der Waals surface area contributed by atoms with Gasteiger partial charge in [-0.2, -0.15) is 0 Å². The standard InChI is InChI=1S/C21H28O6/c1-14(13-22)5-4-9-19(2)16-8-11-20(18(24)27-19)10-6-15(17(23)26-3)7-12-21(16,20)25/h4-6,9,16,22,25H,7-8,10-13H2,1-3H3/b9-4+,14-5+/t16-,19+,20+,21-/m0/s1. The van der Waals surface area contributed by atoms with Gasteiger partial charge in [-0.3, -0.25) is 4.79 Å². The Labute approximate surface area is 159 Å². The van der Waals surface area contributed by atoms with Crippen LogP contribution in [0.4, 0.5) is 0 Å². The summed E-state index contributed by atoms with van der Waals surface area (Å²) in [5, 5.41) is 20.8. The van der Waals surface area contributed by atoms with Crippen molar-refractivity contribution in [3.05, 3.63) is 35.5 Å². The van der Waals surface area contributed by atoms with Gasteiger partial charge in [0, 0.05) is 11.5 Å². The van der Waals surface area contributed by atoms with Crippen LogP contribution in [0, 0.1) is 11.3 Å². The van der Waals surface area contributed by atoms with Crippen molar-refractivity contribution in [1.29, 1.82) is 0 Å². The Morgan fingerprint density at radius 3 is 2.85 bits per heavy atom. The molecule has 1 saturated carbocycles. The van der Waals surface area contributed by atoms with E-state index >= 15 is 0 Å². The summed E-state index contributed by atoms with van der Waals surface area (Å²) in [7, 11) is 1.33. The van der Waals surface area contributed by atoms with E-state index < -0.39 is 28.6 Å². The molecule has 0 unspecified atom stereocenters. The largest absolute Gasteiger partial charge is 0.466 e. The molecule has 2 fully saturated rings. The smallest absolute Gasteiger partial charge is 0.333 e. The summed E-state index contributed by atoms with van der Waals surface area (Å²) in [5.41, 5.74) is -1.88. The number of cyclic esters (lactones) is 1. The maximum atomic E-state index is 13.1. The molecule has 3 aliphatic rings. The monoisotopic (exact) mass is 376 g/mol. The molecule has 0 spiro atoms. The average Bonchev–Trinajstić information content (AvgIpc) is 2.77. The van der Waals surface area contributed by atoms with Crippen LogP contribution in [0.2, 0.25) is 0 Å². The highest BCUT2D eigenvalue weighted by Crippen LogP contribution is 2.63. The number of aliphatic hydroxyl groups excluding tert-OH is 1. The quantitative estimate of drug-likeness (QED) is 0.577. The van der Waals surface area contributed by atoms with E-state index in [1.54, 1.807) is 31.2 Å². The van der Waals surface area contributed by atoms with E-state index in [0.717, 1.165) is 5.57 Å². The van der Waals surface area contributed by atoms with Crippen molar-refractivity contribution in [1.82, 2.24) is 0 Å². The van der Waals surface area contributed by atoms with Gasteiger partial charge in [0.05, 0.1) is 19.3 Å². The summed E-state index contributed by atoms with van der Waals surface area (Å²) in [6.07, 6.45) is 9.25. The Hall–Kier alpha value is -1.92. The van der Waals surface area contributed by atoms with Gasteiger partial charge >= 0.3 is 11.9 Å². The first-order valence-electron chi connectivity index (χ1n) is 9.41. The summed E-state index contributed by atoms with van der Waals surface area (Å²) < 4.78 is 10.7. The van der Waals surface area contributed by atoms with Crippen LogP contribution in [-0.4, -0.2) is 47.1 Å². The molecule has 27 heavy (non-hydrogen) atoms. The summed E-state index contributed by atoms with van der Waals surface area (Å²) in [5.74, 6) is -1.08. The van der Waals surface area contributed by atoms with Crippen LogP contribution < -0.4 is 0 Å². The number of esters is 2. The lowest BCUT2D eigenvalue weighted by Crippen LogP contribution is -2.63. The zero-order valence-corrected chi connectivity index (χ0v) is 16.2. The number of rotatable bonds is 4. The molecule has 1 aliphatic heterocycles. The van der Waals surface area contributed by atoms with E-state index in [2.05, 4.69) is 0 Å². The van der Waals surface area contributed by atoms with Crippen molar-refractivity contribution in [2.24, 2.45) is 11.3 Å². The van der Waals surface area contributed by atoms with Crippen LogP contribution >= 0.6 is 0 Å². The summed E-state index contributed by atoms with van der Waals surface area (Å²) in [6, 6.07) is 0. The molecule has 1 heterocycles. The van der Waals surface area contributed by atoms with E-state index in [1.165, 1.54) is 7.11 Å². The third-order valence-electron chi connectivity index (χ3n) is 6.64. The Kier molecular flexibility index (Phi) is 5.08. The van der Waals surface area contributed by atoms with Gasteiger partial charge in [0.15, 0.2) is 0 Å². The number of carbonyl (C=O) groups excluding carboxylic acids is 2. The van der Waals surface area contributed by atoms with Crippen molar-refractivity contribution < 1.29 is 29.3 Å². The molecule has 0 aromatic carbocycles. The first kappa shape index (κ1) is 19.8. The van der Waals surface area contributed by atoms with Gasteiger partial charge in [-0.1, -0.05) is 18.2 Å². The third kappa shape index (κ3) is 2.95. The van der Waals surface area contributed by atoms with Gasteiger partial charge in [-0.25, -0.2) is 4.79 Å². The van der Waals surface area contributed by atoms with Crippen molar-refractivity contribution in [3.8, 4) is 0 Å². The molecule has 1 saturated heterocycles. The number of hydrogen-bond acceptors (Lipinski definition) is 6. The van der Waals surface area contributed by atoms with Crippen LogP contribution in [0.1, 0.15) is 46.0 Å². The van der Waals surface area contributed by atoms with Crippen LogP contribution in [-0.2, 0) is 19.1 Å². The van der Waals surface area contributed by atoms with Crippen LogP contribution in [0.15, 0.2) is 35.5 Å². The van der Waals surface area contributed by atoms with E-state index in [9.17, 15) is 14.7 Å². The maximum absolute atomic E-state index is 13.1. The van der Waals surface area contributed by atoms with E-state index in [4.69, 9.17) is 14.6 Å². The lowest BCUT2D eigenvalue weighted by atomic mass is 9.62. The molecule has 4 atom stereocenters. The van der Waals surface area contributed by atoms with Crippen LogP contribution in [0.3, 0.4) is 0 Å². The molecule has 0 radical (unpaired) electrons. The molecule has 2 N–H and O–H groups in total. The van der Waals surface area contributed by atoms with Gasteiger partial charge in [0.2, 0.25) is 0 Å².